The molecule has 0 aromatic heterocycles. The molecule has 2 aromatic rings. The van der Waals surface area contributed by atoms with E-state index in [2.05, 4.69) is 46.2 Å². The number of ketones is 1. The van der Waals surface area contributed by atoms with E-state index in [0.717, 1.165) is 51.0 Å². The van der Waals surface area contributed by atoms with Crippen LogP contribution in [0.4, 0.5) is 0 Å². The van der Waals surface area contributed by atoms with Crippen molar-refractivity contribution >= 4 is 5.78 Å². The minimum absolute atomic E-state index is 0.0473. The van der Waals surface area contributed by atoms with Crippen molar-refractivity contribution in [2.45, 2.75) is 55.2 Å². The molecule has 7 rings (SSSR count). The lowest BCUT2D eigenvalue weighted by molar-refractivity contribution is -0.136. The normalized spacial score (nSPS) is 35.9. The summed E-state index contributed by atoms with van der Waals surface area (Å²) in [6, 6.07) is 15.0. The number of hydrogen-bond donors (Lipinski definition) is 1. The van der Waals surface area contributed by atoms with Crippen LogP contribution in [0.2, 0.25) is 0 Å². The Morgan fingerprint density at radius 1 is 1.13 bits per heavy atom. The van der Waals surface area contributed by atoms with Gasteiger partial charge in [-0.15, -0.1) is 0 Å². The number of benzene rings is 2. The van der Waals surface area contributed by atoms with E-state index in [1.54, 1.807) is 6.07 Å². The van der Waals surface area contributed by atoms with Crippen molar-refractivity contribution in [3.63, 3.8) is 0 Å². The molecular formula is C25H26N2O3. The molecule has 1 saturated carbocycles. The van der Waals surface area contributed by atoms with Gasteiger partial charge >= 0.3 is 0 Å². The van der Waals surface area contributed by atoms with Gasteiger partial charge in [0.25, 0.3) is 0 Å². The molecule has 2 aliphatic carbocycles. The van der Waals surface area contributed by atoms with Crippen LogP contribution in [-0.4, -0.2) is 58.1 Å². The number of phenols is 1. The van der Waals surface area contributed by atoms with Crippen molar-refractivity contribution in [3.05, 3.63) is 59.2 Å². The zero-order valence-electron chi connectivity index (χ0n) is 17.0. The first-order valence-corrected chi connectivity index (χ1v) is 11.2. The number of rotatable bonds is 3. The van der Waals surface area contributed by atoms with Gasteiger partial charge in [-0.1, -0.05) is 36.4 Å². The van der Waals surface area contributed by atoms with Gasteiger partial charge in [0.15, 0.2) is 23.4 Å². The van der Waals surface area contributed by atoms with E-state index in [1.165, 1.54) is 11.1 Å². The molecule has 1 N–H and O–H groups in total. The predicted octanol–water partition coefficient (Wildman–Crippen LogP) is 2.64. The average molecular weight is 402 g/mol. The molecule has 30 heavy (non-hydrogen) atoms. The summed E-state index contributed by atoms with van der Waals surface area (Å²) in [5, 5.41) is 10.6. The van der Waals surface area contributed by atoms with Crippen LogP contribution in [0.15, 0.2) is 42.5 Å². The second kappa shape index (κ2) is 5.65. The highest BCUT2D eigenvalue weighted by atomic mass is 16.5. The fraction of sp³-hybridized carbons (Fsp3) is 0.480. The first-order chi connectivity index (χ1) is 14.6. The van der Waals surface area contributed by atoms with Gasteiger partial charge in [0.2, 0.25) is 0 Å². The molecule has 0 bridgehead atoms. The first kappa shape index (κ1) is 17.3. The number of Topliss-reactive ketones (excluding diaryl/α,β-unsaturated/α-hetero) is 1. The Balaban J connectivity index is 1.35. The number of hydrogen-bond acceptors (Lipinski definition) is 5. The van der Waals surface area contributed by atoms with E-state index >= 15 is 0 Å². The lowest BCUT2D eigenvalue weighted by Crippen LogP contribution is -2.70. The third-order valence-electron chi connectivity index (χ3n) is 8.80. The fourth-order valence-corrected chi connectivity index (χ4v) is 7.76. The number of phenolic OH excluding ortho intramolecular Hbond substituents is 1. The molecule has 0 amide bonds. The summed E-state index contributed by atoms with van der Waals surface area (Å²) < 4.78 is 6.29. The molecule has 2 saturated heterocycles. The number of carbonyl (C=O) groups excluding carboxylic acids is 1. The van der Waals surface area contributed by atoms with E-state index in [1.807, 2.05) is 0 Å². The molecule has 3 fully saturated rings. The van der Waals surface area contributed by atoms with Crippen LogP contribution in [0.25, 0.3) is 0 Å². The Morgan fingerprint density at radius 3 is 2.87 bits per heavy atom. The highest BCUT2D eigenvalue weighted by Crippen LogP contribution is 2.68. The van der Waals surface area contributed by atoms with Crippen molar-refractivity contribution < 1.29 is 14.6 Å². The number of ether oxygens (including phenoxy) is 1. The Kier molecular flexibility index (Phi) is 3.26. The lowest BCUT2D eigenvalue weighted by Gasteiger charge is -2.55. The van der Waals surface area contributed by atoms with Crippen molar-refractivity contribution in [1.82, 2.24) is 9.80 Å². The van der Waals surface area contributed by atoms with Crippen LogP contribution < -0.4 is 4.74 Å². The quantitative estimate of drug-likeness (QED) is 0.856. The van der Waals surface area contributed by atoms with Crippen LogP contribution >= 0.6 is 0 Å². The Labute approximate surface area is 176 Å². The van der Waals surface area contributed by atoms with Crippen LogP contribution in [-0.2, 0) is 23.1 Å². The number of aromatic hydroxyl groups is 1. The summed E-state index contributed by atoms with van der Waals surface area (Å²) in [5.41, 5.74) is 3.46. The highest BCUT2D eigenvalue weighted by molar-refractivity contribution is 5.90. The molecule has 5 aliphatic rings. The smallest absolute Gasteiger partial charge is 0.174 e. The lowest BCUT2D eigenvalue weighted by atomic mass is 9.51. The molecular weight excluding hydrogens is 376 g/mol. The molecule has 3 heterocycles. The van der Waals surface area contributed by atoms with E-state index in [0.29, 0.717) is 18.2 Å². The minimum Gasteiger partial charge on any atom is -0.504 e. The Bertz CT molecular complexity index is 1070. The first-order valence-electron chi connectivity index (χ1n) is 11.2. The van der Waals surface area contributed by atoms with Crippen LogP contribution in [0.3, 0.4) is 0 Å². The predicted molar refractivity (Wildman–Crippen MR) is 112 cm³/mol. The maximum atomic E-state index is 13.1. The summed E-state index contributed by atoms with van der Waals surface area (Å²) in [7, 11) is 0. The van der Waals surface area contributed by atoms with Crippen molar-refractivity contribution in [2.75, 3.05) is 19.8 Å². The Hall–Kier alpha value is -2.37. The van der Waals surface area contributed by atoms with Gasteiger partial charge < -0.3 is 9.84 Å². The van der Waals surface area contributed by atoms with E-state index in [9.17, 15) is 9.90 Å². The summed E-state index contributed by atoms with van der Waals surface area (Å²) in [5.74, 6) is 0.999. The van der Waals surface area contributed by atoms with E-state index in [4.69, 9.17) is 4.74 Å². The maximum absolute atomic E-state index is 13.1. The SMILES string of the molecule is O=C1CC[C@@]23C4Cc5ccc(O)c6c5[C@@]2(CCN3CN4CCc2ccccc2)C1O6. The van der Waals surface area contributed by atoms with Crippen molar-refractivity contribution in [2.24, 2.45) is 0 Å². The zero-order valence-corrected chi connectivity index (χ0v) is 17.0. The van der Waals surface area contributed by atoms with Gasteiger partial charge in [-0.25, -0.2) is 0 Å². The van der Waals surface area contributed by atoms with Gasteiger partial charge in [0.1, 0.15) is 0 Å². The Morgan fingerprint density at radius 2 is 2.00 bits per heavy atom. The number of nitrogens with zero attached hydrogens (tertiary/aromatic N) is 2. The second-order valence-electron chi connectivity index (χ2n) is 9.73. The monoisotopic (exact) mass is 402 g/mol. The van der Waals surface area contributed by atoms with Crippen LogP contribution in [0.1, 0.15) is 36.0 Å². The van der Waals surface area contributed by atoms with Crippen LogP contribution in [0.5, 0.6) is 11.5 Å². The van der Waals surface area contributed by atoms with Crippen molar-refractivity contribution in [1.29, 1.82) is 0 Å². The minimum atomic E-state index is -0.435. The second-order valence-corrected chi connectivity index (χ2v) is 9.73. The average Bonchev–Trinajstić information content (AvgIpc) is 3.40. The van der Waals surface area contributed by atoms with Gasteiger partial charge in [-0.05, 0) is 42.9 Å². The van der Waals surface area contributed by atoms with Crippen LogP contribution in [0, 0.1) is 0 Å². The standard InChI is InChI=1S/C25H26N2O3/c28-18-7-6-17-14-20-25-10-8-19(29)23-24(25,21(17)22(18)30-23)11-13-27(25)15-26(20)12-9-16-4-2-1-3-5-16/h1-7,20,23,28H,8-15H2/t20?,23?,24-,25+/m0/s1. The van der Waals surface area contributed by atoms with Gasteiger partial charge in [-0.3, -0.25) is 14.6 Å². The molecule has 0 radical (unpaired) electrons. The molecule has 2 unspecified atom stereocenters. The molecule has 3 aliphatic heterocycles. The van der Waals surface area contributed by atoms with Gasteiger partial charge in [-0.2, -0.15) is 0 Å². The summed E-state index contributed by atoms with van der Waals surface area (Å²) in [6.07, 6.45) is 4.02. The summed E-state index contributed by atoms with van der Waals surface area (Å²) in [6.45, 7) is 3.00. The third-order valence-corrected chi connectivity index (χ3v) is 8.80. The van der Waals surface area contributed by atoms with Crippen molar-refractivity contribution in [3.8, 4) is 11.5 Å². The summed E-state index contributed by atoms with van der Waals surface area (Å²) >= 11 is 0. The fourth-order valence-electron chi connectivity index (χ4n) is 7.76. The molecule has 154 valence electrons. The highest BCUT2D eigenvalue weighted by Gasteiger charge is 2.77. The molecule has 2 spiro atoms. The largest absolute Gasteiger partial charge is 0.504 e. The number of carbonyl (C=O) groups is 1. The molecule has 5 heteroatoms. The topological polar surface area (TPSA) is 53.0 Å². The van der Waals surface area contributed by atoms with E-state index in [-0.39, 0.29) is 22.5 Å². The summed E-state index contributed by atoms with van der Waals surface area (Å²) in [4.78, 5) is 18.4. The maximum Gasteiger partial charge on any atom is 0.174 e. The zero-order chi connectivity index (χ0) is 20.1. The molecule has 5 nitrogen and oxygen atoms in total. The van der Waals surface area contributed by atoms with Gasteiger partial charge in [0, 0.05) is 31.1 Å². The third kappa shape index (κ3) is 1.81. The van der Waals surface area contributed by atoms with Gasteiger partial charge in [0.05, 0.1) is 17.6 Å². The molecule has 4 atom stereocenters. The molecule has 2 aromatic carbocycles. The van der Waals surface area contributed by atoms with E-state index < -0.39 is 6.10 Å².